The topological polar surface area (TPSA) is 86.2 Å². The number of methoxy groups -OCH3 is 1. The van der Waals surface area contributed by atoms with Gasteiger partial charge in [-0.25, -0.2) is 0 Å². The van der Waals surface area contributed by atoms with E-state index in [4.69, 9.17) is 10.5 Å². The normalized spacial score (nSPS) is 11.8. The summed E-state index contributed by atoms with van der Waals surface area (Å²) in [6, 6.07) is 7.60. The van der Waals surface area contributed by atoms with Crippen molar-refractivity contribution in [2.24, 2.45) is 5.73 Å². The summed E-state index contributed by atoms with van der Waals surface area (Å²) in [6.07, 6.45) is -0.401. The minimum atomic E-state index is -0.401. The lowest BCUT2D eigenvalue weighted by molar-refractivity contribution is 0.220. The van der Waals surface area contributed by atoms with Crippen LogP contribution in [-0.4, -0.2) is 38.8 Å². The van der Waals surface area contributed by atoms with Crippen LogP contribution < -0.4 is 10.5 Å². The third-order valence-corrected chi connectivity index (χ3v) is 3.84. The average molecular weight is 331 g/mol. The van der Waals surface area contributed by atoms with Crippen molar-refractivity contribution in [3.05, 3.63) is 30.1 Å². The number of benzene rings is 1. The van der Waals surface area contributed by atoms with Gasteiger partial charge in [0, 0.05) is 11.4 Å². The quantitative estimate of drug-likeness (QED) is 0.783. The molecule has 1 heterocycles. The van der Waals surface area contributed by atoms with E-state index in [-0.39, 0.29) is 12.4 Å². The number of hydrogen-bond acceptors (Lipinski definition) is 6. The number of rotatable bonds is 6. The predicted octanol–water partition coefficient (Wildman–Crippen LogP) is 1.63. The molecular weight excluding hydrogens is 312 g/mol. The molecule has 0 amide bonds. The van der Waals surface area contributed by atoms with Gasteiger partial charge < -0.3 is 15.6 Å². The van der Waals surface area contributed by atoms with Crippen molar-refractivity contribution in [3.8, 4) is 11.4 Å². The summed E-state index contributed by atoms with van der Waals surface area (Å²) in [5.74, 6) is 2.02. The summed E-state index contributed by atoms with van der Waals surface area (Å²) in [4.78, 5) is 0. The molecule has 3 N–H and O–H groups in total. The highest BCUT2D eigenvalue weighted by Crippen LogP contribution is 2.24. The van der Waals surface area contributed by atoms with Crippen LogP contribution in [0.15, 0.2) is 29.4 Å². The molecule has 6 nitrogen and oxygen atoms in total. The van der Waals surface area contributed by atoms with Crippen LogP contribution in [0.1, 0.15) is 12.7 Å². The lowest BCUT2D eigenvalue weighted by Gasteiger charge is -2.10. The van der Waals surface area contributed by atoms with E-state index in [2.05, 4.69) is 10.2 Å². The zero-order valence-corrected chi connectivity index (χ0v) is 13.5. The van der Waals surface area contributed by atoms with Gasteiger partial charge >= 0.3 is 0 Å². The molecule has 1 unspecified atom stereocenters. The van der Waals surface area contributed by atoms with E-state index in [0.717, 1.165) is 16.6 Å². The predicted molar refractivity (Wildman–Crippen MR) is 85.5 cm³/mol. The first-order chi connectivity index (χ1) is 9.65. The van der Waals surface area contributed by atoms with Crippen LogP contribution in [0.3, 0.4) is 0 Å². The van der Waals surface area contributed by atoms with E-state index in [1.54, 1.807) is 14.0 Å². The van der Waals surface area contributed by atoms with Gasteiger partial charge in [-0.05, 0) is 31.2 Å². The first kappa shape index (κ1) is 17.8. The van der Waals surface area contributed by atoms with Crippen molar-refractivity contribution in [1.29, 1.82) is 0 Å². The third-order valence-electron chi connectivity index (χ3n) is 2.67. The number of halogens is 1. The molecule has 2 aromatic rings. The van der Waals surface area contributed by atoms with Gasteiger partial charge in [0.2, 0.25) is 0 Å². The highest BCUT2D eigenvalue weighted by atomic mass is 35.5. The summed E-state index contributed by atoms with van der Waals surface area (Å²) < 4.78 is 7.04. The van der Waals surface area contributed by atoms with Crippen LogP contribution in [-0.2, 0) is 6.54 Å². The Morgan fingerprint density at radius 3 is 2.52 bits per heavy atom. The number of nitrogens with zero attached hydrogens (tertiary/aromatic N) is 3. The molecule has 1 atom stereocenters. The molecule has 0 radical (unpaired) electrons. The number of aromatic nitrogens is 3. The van der Waals surface area contributed by atoms with E-state index in [9.17, 15) is 5.11 Å². The summed E-state index contributed by atoms with van der Waals surface area (Å²) >= 11 is 1.45. The number of hydrogen-bond donors (Lipinski definition) is 2. The maximum Gasteiger partial charge on any atom is 0.195 e. The van der Waals surface area contributed by atoms with E-state index >= 15 is 0 Å². The maximum absolute atomic E-state index is 9.39. The van der Waals surface area contributed by atoms with Crippen molar-refractivity contribution in [3.63, 3.8) is 0 Å². The molecular formula is C13H19ClN4O2S. The van der Waals surface area contributed by atoms with Gasteiger partial charge in [0.25, 0.3) is 0 Å². The zero-order valence-electron chi connectivity index (χ0n) is 11.9. The molecule has 0 bridgehead atoms. The van der Waals surface area contributed by atoms with Crippen LogP contribution >= 0.6 is 24.2 Å². The molecule has 0 spiro atoms. The first-order valence-electron chi connectivity index (χ1n) is 6.25. The molecule has 0 saturated heterocycles. The van der Waals surface area contributed by atoms with Crippen LogP contribution in [0, 0.1) is 0 Å². The first-order valence-corrected chi connectivity index (χ1v) is 7.24. The summed E-state index contributed by atoms with van der Waals surface area (Å²) in [6.45, 7) is 2.04. The molecule has 2 rings (SSSR count). The monoisotopic (exact) mass is 330 g/mol. The van der Waals surface area contributed by atoms with Crippen LogP contribution in [0.5, 0.6) is 5.75 Å². The summed E-state index contributed by atoms with van der Waals surface area (Å²) in [7, 11) is 1.63. The molecule has 21 heavy (non-hydrogen) atoms. The Kier molecular flexibility index (Phi) is 6.97. The molecule has 0 aliphatic rings. The molecule has 0 aliphatic heterocycles. The second kappa shape index (κ2) is 8.23. The second-order valence-electron chi connectivity index (χ2n) is 4.30. The lowest BCUT2D eigenvalue weighted by Crippen LogP contribution is -2.09. The van der Waals surface area contributed by atoms with Gasteiger partial charge in [-0.3, -0.25) is 4.57 Å². The average Bonchev–Trinajstić information content (AvgIpc) is 2.88. The Morgan fingerprint density at radius 1 is 1.33 bits per heavy atom. The fourth-order valence-electron chi connectivity index (χ4n) is 1.71. The van der Waals surface area contributed by atoms with E-state index in [1.807, 2.05) is 28.8 Å². The van der Waals surface area contributed by atoms with E-state index < -0.39 is 6.10 Å². The largest absolute Gasteiger partial charge is 0.497 e. The Labute approximate surface area is 134 Å². The minimum absolute atomic E-state index is 0. The molecule has 0 fully saturated rings. The molecule has 1 aromatic carbocycles. The fourth-order valence-corrected chi connectivity index (χ4v) is 2.54. The standard InChI is InChI=1S/C13H18N4O2S.ClH/c1-9(18)8-20-13-16-15-12(7-14)17(13)10-3-5-11(19-2)6-4-10;/h3-6,9,18H,7-8,14H2,1-2H3;1H. The van der Waals surface area contributed by atoms with E-state index in [1.165, 1.54) is 11.8 Å². The molecule has 0 aliphatic carbocycles. The Hall–Kier alpha value is -1.28. The summed E-state index contributed by atoms with van der Waals surface area (Å²) in [5, 5.41) is 18.3. The van der Waals surface area contributed by atoms with Crippen molar-refractivity contribution in [1.82, 2.24) is 14.8 Å². The van der Waals surface area contributed by atoms with E-state index in [0.29, 0.717) is 18.1 Å². The van der Waals surface area contributed by atoms with Crippen LogP contribution in [0.25, 0.3) is 5.69 Å². The van der Waals surface area contributed by atoms with Gasteiger partial charge in [-0.15, -0.1) is 22.6 Å². The second-order valence-corrected chi connectivity index (χ2v) is 5.28. The highest BCUT2D eigenvalue weighted by molar-refractivity contribution is 7.99. The lowest BCUT2D eigenvalue weighted by atomic mass is 10.3. The fraction of sp³-hybridized carbons (Fsp3) is 0.385. The SMILES string of the molecule is COc1ccc(-n2c(CN)nnc2SCC(C)O)cc1.Cl. The van der Waals surface area contributed by atoms with Gasteiger partial charge in [-0.1, -0.05) is 11.8 Å². The number of ether oxygens (including phenoxy) is 1. The van der Waals surface area contributed by atoms with Crippen molar-refractivity contribution in [2.75, 3.05) is 12.9 Å². The van der Waals surface area contributed by atoms with Gasteiger partial charge in [0.05, 0.1) is 19.8 Å². The van der Waals surface area contributed by atoms with Crippen LogP contribution in [0.2, 0.25) is 0 Å². The number of aliphatic hydroxyl groups is 1. The van der Waals surface area contributed by atoms with Crippen molar-refractivity contribution in [2.45, 2.75) is 24.7 Å². The maximum atomic E-state index is 9.39. The van der Waals surface area contributed by atoms with Crippen molar-refractivity contribution < 1.29 is 9.84 Å². The van der Waals surface area contributed by atoms with Gasteiger partial charge in [0.1, 0.15) is 5.75 Å². The number of thioether (sulfide) groups is 1. The number of aliphatic hydroxyl groups excluding tert-OH is 1. The molecule has 116 valence electrons. The Morgan fingerprint density at radius 2 is 2.00 bits per heavy atom. The molecule has 1 aromatic heterocycles. The Balaban J connectivity index is 0.00000220. The molecule has 0 saturated carbocycles. The van der Waals surface area contributed by atoms with Crippen molar-refractivity contribution >= 4 is 24.2 Å². The number of nitrogens with two attached hydrogens (primary N) is 1. The Bertz CT molecular complexity index is 560. The minimum Gasteiger partial charge on any atom is -0.497 e. The highest BCUT2D eigenvalue weighted by Gasteiger charge is 2.14. The smallest absolute Gasteiger partial charge is 0.195 e. The van der Waals surface area contributed by atoms with Gasteiger partial charge in [-0.2, -0.15) is 0 Å². The van der Waals surface area contributed by atoms with Crippen LogP contribution in [0.4, 0.5) is 0 Å². The zero-order chi connectivity index (χ0) is 14.5. The summed E-state index contributed by atoms with van der Waals surface area (Å²) in [5.41, 5.74) is 6.63. The molecule has 8 heteroatoms. The third kappa shape index (κ3) is 4.34. The van der Waals surface area contributed by atoms with Gasteiger partial charge in [0.15, 0.2) is 11.0 Å².